The van der Waals surface area contributed by atoms with E-state index in [1.54, 1.807) is 0 Å². The highest BCUT2D eigenvalue weighted by Crippen LogP contribution is 1.73. The zero-order valence-electron chi connectivity index (χ0n) is 4.37. The molecule has 0 aliphatic rings. The molecular formula is C4H8N2O2. The standard InChI is InChI=1S/C4H8N2O2/c1-2-6(5)3-4(7)8/h2H,1,3,5H2,(H,7,8). The smallest absolute Gasteiger partial charge is 0.324 e. The van der Waals surface area contributed by atoms with Crippen LogP contribution in [0.5, 0.6) is 0 Å². The fourth-order valence-corrected chi connectivity index (χ4v) is 0.221. The van der Waals surface area contributed by atoms with Gasteiger partial charge >= 0.3 is 5.97 Å². The molecule has 0 saturated carbocycles. The number of carboxylic acid groups (broad SMARTS) is 1. The van der Waals surface area contributed by atoms with Crippen molar-refractivity contribution in [3.05, 3.63) is 12.8 Å². The SMILES string of the molecule is C=CN(N)CC(=O)O. The normalized spacial score (nSPS) is 8.12. The van der Waals surface area contributed by atoms with E-state index in [9.17, 15) is 4.79 Å². The molecule has 0 fully saturated rings. The molecule has 0 aromatic carbocycles. The molecule has 0 bridgehead atoms. The Balaban J connectivity index is 3.38. The zero-order chi connectivity index (χ0) is 6.57. The van der Waals surface area contributed by atoms with Crippen molar-refractivity contribution in [3.8, 4) is 0 Å². The maximum atomic E-state index is 9.80. The molecule has 0 aromatic rings. The number of rotatable bonds is 3. The minimum Gasteiger partial charge on any atom is -0.480 e. The van der Waals surface area contributed by atoms with Crippen LogP contribution < -0.4 is 5.84 Å². The predicted octanol–water partition coefficient (Wildman–Crippen LogP) is -0.610. The molecule has 0 rings (SSSR count). The average Bonchev–Trinajstić information content (AvgIpc) is 1.65. The summed E-state index contributed by atoms with van der Waals surface area (Å²) in [6.45, 7) is 3.05. The molecule has 0 amide bonds. The van der Waals surface area contributed by atoms with Gasteiger partial charge in [0, 0.05) is 6.20 Å². The maximum Gasteiger partial charge on any atom is 0.324 e. The molecule has 0 heterocycles. The number of nitrogens with zero attached hydrogens (tertiary/aromatic N) is 1. The minimum absolute atomic E-state index is 0.205. The van der Waals surface area contributed by atoms with E-state index in [4.69, 9.17) is 10.9 Å². The lowest BCUT2D eigenvalue weighted by Crippen LogP contribution is -2.30. The Morgan fingerprint density at radius 1 is 2.00 bits per heavy atom. The quantitative estimate of drug-likeness (QED) is 0.381. The van der Waals surface area contributed by atoms with Gasteiger partial charge in [-0.1, -0.05) is 6.58 Å². The zero-order valence-corrected chi connectivity index (χ0v) is 4.37. The van der Waals surface area contributed by atoms with Crippen molar-refractivity contribution in [1.82, 2.24) is 5.01 Å². The van der Waals surface area contributed by atoms with Gasteiger partial charge < -0.3 is 10.1 Å². The van der Waals surface area contributed by atoms with E-state index in [0.717, 1.165) is 5.01 Å². The topological polar surface area (TPSA) is 66.6 Å². The summed E-state index contributed by atoms with van der Waals surface area (Å²) in [7, 11) is 0. The number of hydrogen-bond acceptors (Lipinski definition) is 3. The second-order valence-electron chi connectivity index (χ2n) is 1.25. The summed E-state index contributed by atoms with van der Waals surface area (Å²) in [6.07, 6.45) is 1.24. The highest BCUT2D eigenvalue weighted by atomic mass is 16.4. The Kier molecular flexibility index (Phi) is 2.64. The minimum atomic E-state index is -0.965. The number of carbonyl (C=O) groups is 1. The fraction of sp³-hybridized carbons (Fsp3) is 0.250. The van der Waals surface area contributed by atoms with Crippen LogP contribution in [0.3, 0.4) is 0 Å². The van der Waals surface area contributed by atoms with Crippen LogP contribution in [-0.4, -0.2) is 22.6 Å². The molecule has 8 heavy (non-hydrogen) atoms. The third-order valence-corrected chi connectivity index (χ3v) is 0.552. The van der Waals surface area contributed by atoms with Crippen LogP contribution in [-0.2, 0) is 4.79 Å². The highest BCUT2D eigenvalue weighted by Gasteiger charge is 1.96. The van der Waals surface area contributed by atoms with Crippen LogP contribution in [0.15, 0.2) is 12.8 Å². The molecule has 4 nitrogen and oxygen atoms in total. The maximum absolute atomic E-state index is 9.80. The van der Waals surface area contributed by atoms with Gasteiger partial charge in [0.1, 0.15) is 6.54 Å². The van der Waals surface area contributed by atoms with Crippen LogP contribution in [0.4, 0.5) is 0 Å². The Labute approximate surface area is 47.2 Å². The molecular weight excluding hydrogens is 108 g/mol. The molecule has 0 aliphatic carbocycles. The molecule has 0 atom stereocenters. The van der Waals surface area contributed by atoms with E-state index < -0.39 is 5.97 Å². The van der Waals surface area contributed by atoms with Crippen molar-refractivity contribution >= 4 is 5.97 Å². The molecule has 3 N–H and O–H groups in total. The molecule has 0 unspecified atom stereocenters. The van der Waals surface area contributed by atoms with Crippen LogP contribution in [0.25, 0.3) is 0 Å². The first kappa shape index (κ1) is 6.97. The summed E-state index contributed by atoms with van der Waals surface area (Å²) in [4.78, 5) is 9.80. The third-order valence-electron chi connectivity index (χ3n) is 0.552. The summed E-state index contributed by atoms with van der Waals surface area (Å²) >= 11 is 0. The van der Waals surface area contributed by atoms with Gasteiger partial charge in [0.05, 0.1) is 0 Å². The van der Waals surface area contributed by atoms with Crippen molar-refractivity contribution in [2.45, 2.75) is 0 Å². The van der Waals surface area contributed by atoms with E-state index in [2.05, 4.69) is 6.58 Å². The molecule has 46 valence electrons. The number of carboxylic acids is 1. The Morgan fingerprint density at radius 2 is 2.50 bits per heavy atom. The number of aliphatic carboxylic acids is 1. The van der Waals surface area contributed by atoms with Crippen molar-refractivity contribution in [2.75, 3.05) is 6.54 Å². The highest BCUT2D eigenvalue weighted by molar-refractivity contribution is 5.69. The van der Waals surface area contributed by atoms with Gasteiger partial charge in [-0.3, -0.25) is 4.79 Å². The lowest BCUT2D eigenvalue weighted by Gasteiger charge is -2.06. The molecule has 0 aliphatic heterocycles. The van der Waals surface area contributed by atoms with E-state index in [1.807, 2.05) is 0 Å². The summed E-state index contributed by atoms with van der Waals surface area (Å²) in [5.74, 6) is 4.04. The van der Waals surface area contributed by atoms with E-state index in [0.29, 0.717) is 0 Å². The van der Waals surface area contributed by atoms with Crippen LogP contribution in [0.2, 0.25) is 0 Å². The van der Waals surface area contributed by atoms with Crippen molar-refractivity contribution in [2.24, 2.45) is 5.84 Å². The number of hydrogen-bond donors (Lipinski definition) is 2. The van der Waals surface area contributed by atoms with Crippen molar-refractivity contribution < 1.29 is 9.90 Å². The second kappa shape index (κ2) is 3.04. The Bertz CT molecular complexity index is 102. The number of hydrazine groups is 1. The number of nitrogens with two attached hydrogens (primary N) is 1. The van der Waals surface area contributed by atoms with Gasteiger partial charge in [-0.2, -0.15) is 0 Å². The Hall–Kier alpha value is -1.03. The first-order valence-electron chi connectivity index (χ1n) is 2.02. The molecule has 0 saturated heterocycles. The van der Waals surface area contributed by atoms with Crippen LogP contribution in [0, 0.1) is 0 Å². The molecule has 0 spiro atoms. The second-order valence-corrected chi connectivity index (χ2v) is 1.25. The fourth-order valence-electron chi connectivity index (χ4n) is 0.221. The van der Waals surface area contributed by atoms with Gasteiger partial charge in [-0.05, 0) is 0 Å². The van der Waals surface area contributed by atoms with Gasteiger partial charge in [-0.15, -0.1) is 0 Å². The average molecular weight is 116 g/mol. The van der Waals surface area contributed by atoms with Crippen LogP contribution >= 0.6 is 0 Å². The Morgan fingerprint density at radius 3 is 2.62 bits per heavy atom. The van der Waals surface area contributed by atoms with Crippen molar-refractivity contribution in [1.29, 1.82) is 0 Å². The largest absolute Gasteiger partial charge is 0.480 e. The van der Waals surface area contributed by atoms with Crippen LogP contribution in [0.1, 0.15) is 0 Å². The van der Waals surface area contributed by atoms with E-state index in [1.165, 1.54) is 6.20 Å². The summed E-state index contributed by atoms with van der Waals surface area (Å²) < 4.78 is 0. The third kappa shape index (κ3) is 3.17. The summed E-state index contributed by atoms with van der Waals surface area (Å²) in [5.41, 5.74) is 0. The monoisotopic (exact) mass is 116 g/mol. The van der Waals surface area contributed by atoms with E-state index in [-0.39, 0.29) is 6.54 Å². The molecule has 0 aromatic heterocycles. The van der Waals surface area contributed by atoms with Gasteiger partial charge in [-0.25, -0.2) is 5.84 Å². The molecule has 0 radical (unpaired) electrons. The lowest BCUT2D eigenvalue weighted by molar-refractivity contribution is -0.137. The predicted molar refractivity (Wildman–Crippen MR) is 28.7 cm³/mol. The van der Waals surface area contributed by atoms with Gasteiger partial charge in [0.25, 0.3) is 0 Å². The van der Waals surface area contributed by atoms with Gasteiger partial charge in [0.15, 0.2) is 0 Å². The molecule has 4 heteroatoms. The first-order valence-corrected chi connectivity index (χ1v) is 2.02. The lowest BCUT2D eigenvalue weighted by atomic mass is 10.6. The summed E-state index contributed by atoms with van der Waals surface area (Å²) in [5, 5.41) is 9.03. The van der Waals surface area contributed by atoms with E-state index >= 15 is 0 Å². The first-order chi connectivity index (χ1) is 3.66. The van der Waals surface area contributed by atoms with Gasteiger partial charge in [0.2, 0.25) is 0 Å². The van der Waals surface area contributed by atoms with Crippen molar-refractivity contribution in [3.63, 3.8) is 0 Å². The summed E-state index contributed by atoms with van der Waals surface area (Å²) in [6, 6.07) is 0.